The molecule has 0 bridgehead atoms. The van der Waals surface area contributed by atoms with E-state index in [1.807, 2.05) is 66.1 Å². The van der Waals surface area contributed by atoms with Gasteiger partial charge in [0.05, 0.1) is 18.4 Å². The zero-order valence-electron chi connectivity index (χ0n) is 16.8. The van der Waals surface area contributed by atoms with Gasteiger partial charge >= 0.3 is 0 Å². The highest BCUT2D eigenvalue weighted by Gasteiger charge is 2.18. The van der Waals surface area contributed by atoms with E-state index in [2.05, 4.69) is 26.9 Å². The van der Waals surface area contributed by atoms with Crippen LogP contribution in [0.2, 0.25) is 0 Å². The van der Waals surface area contributed by atoms with Crippen molar-refractivity contribution in [2.45, 2.75) is 24.4 Å². The summed E-state index contributed by atoms with van der Waals surface area (Å²) in [5.41, 5.74) is 2.93. The molecule has 0 fully saturated rings. The van der Waals surface area contributed by atoms with Crippen molar-refractivity contribution in [3.05, 3.63) is 72.6 Å². The molecule has 4 rings (SSSR count). The summed E-state index contributed by atoms with van der Waals surface area (Å²) < 4.78 is 12.9. The highest BCUT2D eigenvalue weighted by molar-refractivity contribution is 7.98. The predicted octanol–water partition coefficient (Wildman–Crippen LogP) is 4.79. The van der Waals surface area contributed by atoms with Crippen molar-refractivity contribution in [2.75, 3.05) is 7.11 Å². The molecule has 0 amide bonds. The van der Waals surface area contributed by atoms with Gasteiger partial charge in [0, 0.05) is 12.1 Å². The Morgan fingerprint density at radius 1 is 1.17 bits per heavy atom. The minimum absolute atomic E-state index is 0.510. The smallest absolute Gasteiger partial charge is 0.257 e. The fraction of sp³-hybridized carbons (Fsp3) is 0.182. The van der Waals surface area contributed by atoms with Gasteiger partial charge in [0.1, 0.15) is 5.75 Å². The van der Waals surface area contributed by atoms with E-state index in [9.17, 15) is 0 Å². The number of para-hydroxylation sites is 1. The second kappa shape index (κ2) is 8.96. The Balaban J connectivity index is 1.56. The fourth-order valence-electron chi connectivity index (χ4n) is 3.05. The van der Waals surface area contributed by atoms with Gasteiger partial charge in [0.25, 0.3) is 5.89 Å². The third-order valence-corrected chi connectivity index (χ3v) is 5.40. The van der Waals surface area contributed by atoms with E-state index < -0.39 is 0 Å². The molecule has 0 saturated carbocycles. The van der Waals surface area contributed by atoms with Gasteiger partial charge in [-0.2, -0.15) is 4.98 Å². The van der Waals surface area contributed by atoms with Crippen LogP contribution in [0.1, 0.15) is 11.4 Å². The number of ether oxygens (including phenoxy) is 1. The molecule has 2 aromatic carbocycles. The Bertz CT molecular complexity index is 1170. The third kappa shape index (κ3) is 4.13. The maximum absolute atomic E-state index is 5.48. The summed E-state index contributed by atoms with van der Waals surface area (Å²) in [6.07, 6.45) is 1.82. The van der Waals surface area contributed by atoms with Crippen LogP contribution in [0.15, 0.2) is 70.9 Å². The number of benzene rings is 2. The Hall–Kier alpha value is -3.39. The lowest BCUT2D eigenvalue weighted by Gasteiger charge is -2.10. The summed E-state index contributed by atoms with van der Waals surface area (Å²) in [5, 5.41) is 13.6. The maximum atomic E-state index is 5.48. The number of hydrogen-bond acceptors (Lipinski definition) is 7. The number of hydrogen-bond donors (Lipinski definition) is 0. The van der Waals surface area contributed by atoms with E-state index in [4.69, 9.17) is 9.26 Å². The van der Waals surface area contributed by atoms with E-state index in [1.165, 1.54) is 11.8 Å². The first-order valence-corrected chi connectivity index (χ1v) is 10.4. The van der Waals surface area contributed by atoms with Gasteiger partial charge in [-0.3, -0.25) is 4.57 Å². The molecule has 0 radical (unpaired) electrons. The van der Waals surface area contributed by atoms with Gasteiger partial charge in [-0.1, -0.05) is 52.8 Å². The molecule has 2 heterocycles. The Morgan fingerprint density at radius 3 is 2.83 bits per heavy atom. The zero-order valence-corrected chi connectivity index (χ0v) is 17.6. The van der Waals surface area contributed by atoms with Gasteiger partial charge < -0.3 is 9.26 Å². The number of aryl methyl sites for hydroxylation is 1. The number of aromatic nitrogens is 5. The standard InChI is InChI=1S/C22H21N5O2S/c1-4-12-27-20(17-10-5-6-11-18(17)28-3)24-25-22(27)30-14-19-23-21(29-26-19)16-9-7-8-15(2)13-16/h4-11,13H,1,12,14H2,2-3H3. The van der Waals surface area contributed by atoms with Crippen LogP contribution in [0.3, 0.4) is 0 Å². The predicted molar refractivity (Wildman–Crippen MR) is 116 cm³/mol. The first-order valence-electron chi connectivity index (χ1n) is 9.39. The van der Waals surface area contributed by atoms with Gasteiger partial charge in [-0.15, -0.1) is 16.8 Å². The molecule has 0 aliphatic carbocycles. The molecule has 0 aliphatic heterocycles. The highest BCUT2D eigenvalue weighted by atomic mass is 32.2. The fourth-order valence-corrected chi connectivity index (χ4v) is 3.85. The largest absolute Gasteiger partial charge is 0.496 e. The van der Waals surface area contributed by atoms with Crippen molar-refractivity contribution in [3.63, 3.8) is 0 Å². The second-order valence-corrected chi connectivity index (χ2v) is 7.52. The van der Waals surface area contributed by atoms with E-state index in [-0.39, 0.29) is 0 Å². The van der Waals surface area contributed by atoms with Gasteiger partial charge in [-0.25, -0.2) is 0 Å². The van der Waals surface area contributed by atoms with Crippen molar-refractivity contribution < 1.29 is 9.26 Å². The average Bonchev–Trinajstić information content (AvgIpc) is 3.40. The lowest BCUT2D eigenvalue weighted by molar-refractivity contribution is 0.416. The zero-order chi connectivity index (χ0) is 20.9. The minimum Gasteiger partial charge on any atom is -0.496 e. The Morgan fingerprint density at radius 2 is 2.03 bits per heavy atom. The van der Waals surface area contributed by atoms with Gasteiger partial charge in [0.2, 0.25) is 0 Å². The summed E-state index contributed by atoms with van der Waals surface area (Å²) in [6.45, 7) is 6.46. The summed E-state index contributed by atoms with van der Waals surface area (Å²) >= 11 is 1.50. The first kappa shape index (κ1) is 19.9. The van der Waals surface area contributed by atoms with Gasteiger partial charge in [-0.05, 0) is 31.2 Å². The quantitative estimate of drug-likeness (QED) is 0.300. The molecule has 0 unspecified atom stereocenters. The number of allylic oxidation sites excluding steroid dienone is 1. The summed E-state index contributed by atoms with van der Waals surface area (Å²) in [6, 6.07) is 15.7. The van der Waals surface area contributed by atoms with Crippen molar-refractivity contribution >= 4 is 11.8 Å². The van der Waals surface area contributed by atoms with E-state index >= 15 is 0 Å². The van der Waals surface area contributed by atoms with E-state index in [1.54, 1.807) is 7.11 Å². The van der Waals surface area contributed by atoms with Crippen LogP contribution in [-0.4, -0.2) is 32.0 Å². The number of methoxy groups -OCH3 is 1. The summed E-state index contributed by atoms with van der Waals surface area (Å²) in [5.74, 6) is 3.09. The van der Waals surface area contributed by atoms with Gasteiger partial charge in [0.15, 0.2) is 16.8 Å². The van der Waals surface area contributed by atoms with Crippen LogP contribution >= 0.6 is 11.8 Å². The maximum Gasteiger partial charge on any atom is 0.257 e. The van der Waals surface area contributed by atoms with Crippen LogP contribution in [0, 0.1) is 6.92 Å². The first-order chi connectivity index (χ1) is 14.7. The van der Waals surface area contributed by atoms with E-state index in [0.717, 1.165) is 33.4 Å². The molecule has 0 saturated heterocycles. The molecule has 7 nitrogen and oxygen atoms in total. The number of rotatable bonds is 8. The normalized spacial score (nSPS) is 10.9. The van der Waals surface area contributed by atoms with Crippen molar-refractivity contribution in [2.24, 2.45) is 0 Å². The van der Waals surface area contributed by atoms with Crippen LogP contribution in [-0.2, 0) is 12.3 Å². The van der Waals surface area contributed by atoms with E-state index in [0.29, 0.717) is 24.0 Å². The summed E-state index contributed by atoms with van der Waals surface area (Å²) in [4.78, 5) is 4.51. The molecular weight excluding hydrogens is 398 g/mol. The minimum atomic E-state index is 0.510. The number of thioether (sulfide) groups is 1. The third-order valence-electron chi connectivity index (χ3n) is 4.44. The molecule has 0 N–H and O–H groups in total. The number of nitrogens with zero attached hydrogens (tertiary/aromatic N) is 5. The molecule has 0 spiro atoms. The monoisotopic (exact) mass is 419 g/mol. The SMILES string of the molecule is C=CCn1c(SCc2noc(-c3cccc(C)c3)n2)nnc1-c1ccccc1OC. The van der Waals surface area contributed by atoms with Crippen molar-refractivity contribution in [1.82, 2.24) is 24.9 Å². The van der Waals surface area contributed by atoms with Crippen LogP contribution < -0.4 is 4.74 Å². The van der Waals surface area contributed by atoms with Crippen LogP contribution in [0.25, 0.3) is 22.8 Å². The van der Waals surface area contributed by atoms with Crippen LogP contribution in [0.4, 0.5) is 0 Å². The van der Waals surface area contributed by atoms with Crippen molar-refractivity contribution in [3.8, 4) is 28.6 Å². The summed E-state index contributed by atoms with van der Waals surface area (Å²) in [7, 11) is 1.64. The Labute approximate surface area is 178 Å². The lowest BCUT2D eigenvalue weighted by atomic mass is 10.1. The lowest BCUT2D eigenvalue weighted by Crippen LogP contribution is -2.02. The molecule has 2 aromatic heterocycles. The molecule has 0 atom stereocenters. The Kier molecular flexibility index (Phi) is 5.94. The molecule has 0 aliphatic rings. The topological polar surface area (TPSA) is 78.9 Å². The highest BCUT2D eigenvalue weighted by Crippen LogP contribution is 2.31. The van der Waals surface area contributed by atoms with Crippen molar-refractivity contribution in [1.29, 1.82) is 0 Å². The second-order valence-electron chi connectivity index (χ2n) is 6.58. The molecule has 30 heavy (non-hydrogen) atoms. The molecule has 152 valence electrons. The van der Waals surface area contributed by atoms with Crippen LogP contribution in [0.5, 0.6) is 5.75 Å². The molecule has 8 heteroatoms. The molecular formula is C22H21N5O2S. The molecule has 4 aromatic rings. The average molecular weight is 420 g/mol.